The van der Waals surface area contributed by atoms with Crippen molar-refractivity contribution in [1.82, 2.24) is 19.7 Å². The molecule has 0 unspecified atom stereocenters. The number of aromatic nitrogens is 4. The number of benzene rings is 1. The highest BCUT2D eigenvalue weighted by atomic mass is 16.5. The number of nitrogen functional groups attached to an aromatic ring is 1. The molecule has 3 aromatic rings. The second-order valence-corrected chi connectivity index (χ2v) is 8.47. The fourth-order valence-electron chi connectivity index (χ4n) is 3.87. The Balaban J connectivity index is 0.000000607. The number of hydrogen-bond donors (Lipinski definition) is 2. The largest absolute Gasteiger partial charge is 0.496 e. The van der Waals surface area contributed by atoms with Crippen LogP contribution < -0.4 is 21.1 Å². The van der Waals surface area contributed by atoms with Gasteiger partial charge in [0.05, 0.1) is 26.5 Å². The minimum absolute atomic E-state index is 0.237. The van der Waals surface area contributed by atoms with Crippen LogP contribution in [0.25, 0.3) is 11.0 Å². The maximum Gasteiger partial charge on any atom is 0.222 e. The van der Waals surface area contributed by atoms with Crippen molar-refractivity contribution in [2.75, 3.05) is 57.8 Å². The Bertz CT molecular complexity index is 1040. The predicted molar refractivity (Wildman–Crippen MR) is 139 cm³/mol. The predicted octanol–water partition coefficient (Wildman–Crippen LogP) is 2.97. The molecule has 0 amide bonds. The zero-order chi connectivity index (χ0) is 25.0. The quantitative estimate of drug-likeness (QED) is 0.421. The Morgan fingerprint density at radius 1 is 1.14 bits per heavy atom. The summed E-state index contributed by atoms with van der Waals surface area (Å²) < 4.78 is 17.6. The monoisotopic (exact) mass is 485 g/mol. The Hall–Kier alpha value is -2.95. The zero-order valence-electron chi connectivity index (χ0n) is 21.2. The van der Waals surface area contributed by atoms with E-state index < -0.39 is 0 Å². The molecule has 1 fully saturated rings. The molecule has 1 aliphatic heterocycles. The fraction of sp³-hybridized carbons (Fsp3) is 0.560. The Kier molecular flexibility index (Phi) is 10.5. The van der Waals surface area contributed by atoms with Gasteiger partial charge in [0, 0.05) is 45.5 Å². The van der Waals surface area contributed by atoms with Crippen molar-refractivity contribution in [2.24, 2.45) is 5.73 Å². The highest BCUT2D eigenvalue weighted by molar-refractivity contribution is 5.86. The lowest BCUT2D eigenvalue weighted by atomic mass is 10.1. The second-order valence-electron chi connectivity index (χ2n) is 8.47. The molecule has 192 valence electrons. The molecule has 0 aliphatic carbocycles. The van der Waals surface area contributed by atoms with E-state index in [0.717, 1.165) is 60.8 Å². The number of nitrogens with two attached hydrogens (primary N) is 2. The van der Waals surface area contributed by atoms with Crippen LogP contribution in [0.2, 0.25) is 0 Å². The molecule has 0 atom stereocenters. The van der Waals surface area contributed by atoms with Crippen LogP contribution >= 0.6 is 0 Å². The van der Waals surface area contributed by atoms with E-state index in [1.165, 1.54) is 12.8 Å². The van der Waals surface area contributed by atoms with E-state index >= 15 is 0 Å². The van der Waals surface area contributed by atoms with Crippen LogP contribution in [0, 0.1) is 0 Å². The first-order valence-electron chi connectivity index (χ1n) is 12.3. The molecule has 3 heterocycles. The van der Waals surface area contributed by atoms with Gasteiger partial charge in [0.25, 0.3) is 0 Å². The van der Waals surface area contributed by atoms with E-state index in [2.05, 4.69) is 21.8 Å². The van der Waals surface area contributed by atoms with E-state index in [4.69, 9.17) is 30.8 Å². The smallest absolute Gasteiger partial charge is 0.222 e. The number of methoxy groups -OCH3 is 2. The van der Waals surface area contributed by atoms with Gasteiger partial charge in [-0.05, 0) is 30.9 Å². The maximum atomic E-state index is 6.01. The van der Waals surface area contributed by atoms with Gasteiger partial charge in [-0.2, -0.15) is 10.1 Å². The van der Waals surface area contributed by atoms with Gasteiger partial charge >= 0.3 is 0 Å². The molecule has 4 N–H and O–H groups in total. The standard InChI is InChI=1S/C21H31N7O2.C4H8O/c1-4-5-8-27(9-10-29-2)20-19-17(24-21(23)25-20)14-28(26-19)13-16-7-6-15(12-22)11-18(16)30-3;1-2-4-5-3-1/h6-7,11,14H,4-5,8-10,12-13,22H2,1-3H3,(H2,23,24);1-4H2. The summed E-state index contributed by atoms with van der Waals surface area (Å²) in [6, 6.07) is 5.97. The molecule has 1 saturated heterocycles. The number of hydrogen-bond acceptors (Lipinski definition) is 9. The summed E-state index contributed by atoms with van der Waals surface area (Å²) >= 11 is 0. The third-order valence-electron chi connectivity index (χ3n) is 5.80. The number of fused-ring (bicyclic) bond motifs is 1. The summed E-state index contributed by atoms with van der Waals surface area (Å²) in [6.07, 6.45) is 6.57. The summed E-state index contributed by atoms with van der Waals surface area (Å²) in [5, 5.41) is 4.78. The van der Waals surface area contributed by atoms with Crippen LogP contribution in [0.5, 0.6) is 5.75 Å². The van der Waals surface area contributed by atoms with E-state index in [0.29, 0.717) is 31.8 Å². The summed E-state index contributed by atoms with van der Waals surface area (Å²) in [5.41, 5.74) is 15.2. The van der Waals surface area contributed by atoms with Gasteiger partial charge in [-0.1, -0.05) is 25.5 Å². The third-order valence-corrected chi connectivity index (χ3v) is 5.80. The SMILES string of the molecule is C1CCOC1.CCCCN(CCOC)c1nc(N)nc2cn(Cc3ccc(CN)cc3OC)nc12. The average molecular weight is 486 g/mol. The Morgan fingerprint density at radius 3 is 2.57 bits per heavy atom. The molecule has 1 aliphatic rings. The van der Waals surface area contributed by atoms with E-state index in [9.17, 15) is 0 Å². The normalized spacial score (nSPS) is 13.0. The van der Waals surface area contributed by atoms with Crippen LogP contribution in [0.4, 0.5) is 11.8 Å². The van der Waals surface area contributed by atoms with Gasteiger partial charge in [0.2, 0.25) is 5.95 Å². The number of ether oxygens (including phenoxy) is 3. The van der Waals surface area contributed by atoms with Crippen molar-refractivity contribution in [3.63, 3.8) is 0 Å². The molecule has 0 spiro atoms. The van der Waals surface area contributed by atoms with E-state index in [1.54, 1.807) is 14.2 Å². The lowest BCUT2D eigenvalue weighted by molar-refractivity contribution is 0.198. The molecule has 0 radical (unpaired) electrons. The molecule has 10 nitrogen and oxygen atoms in total. The maximum absolute atomic E-state index is 6.01. The number of unbranched alkanes of at least 4 members (excludes halogenated alkanes) is 1. The Morgan fingerprint density at radius 2 is 1.94 bits per heavy atom. The van der Waals surface area contributed by atoms with Crippen molar-refractivity contribution >= 4 is 22.8 Å². The lowest BCUT2D eigenvalue weighted by Crippen LogP contribution is -2.29. The van der Waals surface area contributed by atoms with Crippen LogP contribution in [0.3, 0.4) is 0 Å². The van der Waals surface area contributed by atoms with Crippen molar-refractivity contribution in [3.8, 4) is 5.75 Å². The molecule has 35 heavy (non-hydrogen) atoms. The Labute approximate surface area is 207 Å². The number of anilines is 2. The van der Waals surface area contributed by atoms with Gasteiger partial charge in [0.15, 0.2) is 11.3 Å². The summed E-state index contributed by atoms with van der Waals surface area (Å²) in [6.45, 7) is 7.33. The summed E-state index contributed by atoms with van der Waals surface area (Å²) in [4.78, 5) is 11.1. The topological polar surface area (TPSA) is 127 Å². The zero-order valence-corrected chi connectivity index (χ0v) is 21.2. The van der Waals surface area contributed by atoms with E-state index in [-0.39, 0.29) is 5.95 Å². The molecule has 4 rings (SSSR count). The van der Waals surface area contributed by atoms with Gasteiger partial charge in [-0.3, -0.25) is 4.68 Å². The number of rotatable bonds is 11. The second kappa shape index (κ2) is 13.8. The molecular weight excluding hydrogens is 446 g/mol. The first-order chi connectivity index (χ1) is 17.1. The van der Waals surface area contributed by atoms with Crippen molar-refractivity contribution < 1.29 is 14.2 Å². The van der Waals surface area contributed by atoms with Crippen LogP contribution in [-0.4, -0.2) is 66.9 Å². The highest BCUT2D eigenvalue weighted by Gasteiger charge is 2.18. The minimum atomic E-state index is 0.237. The third kappa shape index (κ3) is 7.51. The van der Waals surface area contributed by atoms with Gasteiger partial charge in [0.1, 0.15) is 11.3 Å². The first-order valence-corrected chi connectivity index (χ1v) is 12.3. The number of nitrogens with zero attached hydrogens (tertiary/aromatic N) is 5. The van der Waals surface area contributed by atoms with Gasteiger partial charge < -0.3 is 30.6 Å². The molecule has 0 bridgehead atoms. The molecule has 10 heteroatoms. The van der Waals surface area contributed by atoms with Crippen molar-refractivity contribution in [3.05, 3.63) is 35.5 Å². The molecule has 2 aromatic heterocycles. The average Bonchev–Trinajstić information content (AvgIpc) is 3.57. The fourth-order valence-corrected chi connectivity index (χ4v) is 3.87. The first kappa shape index (κ1) is 26.7. The highest BCUT2D eigenvalue weighted by Crippen LogP contribution is 2.26. The van der Waals surface area contributed by atoms with Crippen molar-refractivity contribution in [1.29, 1.82) is 0 Å². The van der Waals surface area contributed by atoms with Gasteiger partial charge in [-0.25, -0.2) is 4.98 Å². The van der Waals surface area contributed by atoms with Crippen LogP contribution in [-0.2, 0) is 22.6 Å². The van der Waals surface area contributed by atoms with Crippen molar-refractivity contribution in [2.45, 2.75) is 45.7 Å². The molecular formula is C25H39N7O3. The molecule has 1 aromatic carbocycles. The lowest BCUT2D eigenvalue weighted by Gasteiger charge is -2.23. The van der Waals surface area contributed by atoms with Crippen LogP contribution in [0.15, 0.2) is 24.4 Å². The molecule has 0 saturated carbocycles. The minimum Gasteiger partial charge on any atom is -0.496 e. The van der Waals surface area contributed by atoms with E-state index in [1.807, 2.05) is 29.1 Å². The van der Waals surface area contributed by atoms with Crippen LogP contribution in [0.1, 0.15) is 43.7 Å². The van der Waals surface area contributed by atoms with Gasteiger partial charge in [-0.15, -0.1) is 0 Å². The summed E-state index contributed by atoms with van der Waals surface area (Å²) in [5.74, 6) is 1.76. The summed E-state index contributed by atoms with van der Waals surface area (Å²) in [7, 11) is 3.35.